The summed E-state index contributed by atoms with van der Waals surface area (Å²) in [5, 5.41) is 0.834. The molecule has 26 heavy (non-hydrogen) atoms. The zero-order valence-corrected chi connectivity index (χ0v) is 15.6. The van der Waals surface area contributed by atoms with E-state index in [0.717, 1.165) is 36.9 Å². The number of aryl methyl sites for hydroxylation is 1. The van der Waals surface area contributed by atoms with Gasteiger partial charge < -0.3 is 9.80 Å². The van der Waals surface area contributed by atoms with Crippen molar-refractivity contribution in [2.24, 2.45) is 4.99 Å². The van der Waals surface area contributed by atoms with Crippen LogP contribution < -0.4 is 4.90 Å². The van der Waals surface area contributed by atoms with Crippen molar-refractivity contribution in [1.29, 1.82) is 0 Å². The summed E-state index contributed by atoms with van der Waals surface area (Å²) in [4.78, 5) is 21.8. The molecule has 0 atom stereocenters. The van der Waals surface area contributed by atoms with Gasteiger partial charge in [-0.3, -0.25) is 4.79 Å². The van der Waals surface area contributed by atoms with Crippen LogP contribution in [0.1, 0.15) is 11.1 Å². The molecule has 2 aliphatic rings. The fourth-order valence-electron chi connectivity index (χ4n) is 3.15. The summed E-state index contributed by atoms with van der Waals surface area (Å²) in [5.74, 6) is -0.130. The number of anilines is 1. The lowest BCUT2D eigenvalue weighted by Gasteiger charge is -2.36. The summed E-state index contributed by atoms with van der Waals surface area (Å²) >= 11 is 1.49. The molecule has 0 saturated carbocycles. The minimum atomic E-state index is -0.130. The second-order valence-electron chi connectivity index (χ2n) is 6.53. The van der Waals surface area contributed by atoms with E-state index in [1.807, 2.05) is 36.4 Å². The standard InChI is InChI=1S/C21H21N3OS/c1-16-7-9-18(10-8-16)23-11-13-24(14-12-23)21-22-20(25)19(26-21)15-17-5-3-2-4-6-17/h2-10,15H,11-14H2,1H3/b19-15+. The van der Waals surface area contributed by atoms with Gasteiger partial charge in [-0.05, 0) is 42.5 Å². The second-order valence-corrected chi connectivity index (χ2v) is 7.54. The van der Waals surface area contributed by atoms with E-state index in [2.05, 4.69) is 46.0 Å². The van der Waals surface area contributed by atoms with Crippen molar-refractivity contribution < 1.29 is 4.79 Å². The number of thioether (sulfide) groups is 1. The Hall–Kier alpha value is -2.53. The smallest absolute Gasteiger partial charge is 0.286 e. The molecule has 0 aliphatic carbocycles. The van der Waals surface area contributed by atoms with Crippen molar-refractivity contribution in [3.05, 3.63) is 70.6 Å². The van der Waals surface area contributed by atoms with Gasteiger partial charge in [-0.25, -0.2) is 0 Å². The van der Waals surface area contributed by atoms with Crippen LogP contribution in [-0.4, -0.2) is 42.2 Å². The highest BCUT2D eigenvalue weighted by Crippen LogP contribution is 2.31. The first-order chi connectivity index (χ1) is 12.7. The van der Waals surface area contributed by atoms with E-state index >= 15 is 0 Å². The molecule has 1 amide bonds. The van der Waals surface area contributed by atoms with Gasteiger partial charge in [0.2, 0.25) is 0 Å². The third-order valence-electron chi connectivity index (χ3n) is 4.66. The normalized spacial score (nSPS) is 19.2. The number of benzene rings is 2. The first-order valence-corrected chi connectivity index (χ1v) is 9.65. The Morgan fingerprint density at radius 3 is 2.27 bits per heavy atom. The van der Waals surface area contributed by atoms with E-state index in [0.29, 0.717) is 4.91 Å². The van der Waals surface area contributed by atoms with E-state index < -0.39 is 0 Å². The largest absolute Gasteiger partial charge is 0.368 e. The highest BCUT2D eigenvalue weighted by atomic mass is 32.2. The quantitative estimate of drug-likeness (QED) is 0.761. The van der Waals surface area contributed by atoms with Gasteiger partial charge in [-0.15, -0.1) is 0 Å². The number of carbonyl (C=O) groups is 1. The van der Waals surface area contributed by atoms with Crippen molar-refractivity contribution in [2.75, 3.05) is 31.1 Å². The predicted molar refractivity (Wildman–Crippen MR) is 109 cm³/mol. The molecule has 4 rings (SSSR count). The maximum atomic E-state index is 12.2. The van der Waals surface area contributed by atoms with Crippen LogP contribution in [0.15, 0.2) is 64.5 Å². The lowest BCUT2D eigenvalue weighted by Crippen LogP contribution is -2.47. The molecule has 2 aromatic carbocycles. The molecule has 1 fully saturated rings. The summed E-state index contributed by atoms with van der Waals surface area (Å²) < 4.78 is 0. The number of carbonyl (C=O) groups excluding carboxylic acids is 1. The molecular formula is C21H21N3OS. The van der Waals surface area contributed by atoms with Crippen LogP contribution >= 0.6 is 11.8 Å². The molecule has 0 unspecified atom stereocenters. The maximum absolute atomic E-state index is 12.2. The molecule has 4 nitrogen and oxygen atoms in total. The van der Waals surface area contributed by atoms with Crippen LogP contribution in [0.4, 0.5) is 5.69 Å². The van der Waals surface area contributed by atoms with Crippen LogP contribution in [0, 0.1) is 6.92 Å². The summed E-state index contributed by atoms with van der Waals surface area (Å²) in [6, 6.07) is 18.6. The molecule has 1 saturated heterocycles. The van der Waals surface area contributed by atoms with Crippen LogP contribution in [-0.2, 0) is 4.79 Å². The monoisotopic (exact) mass is 363 g/mol. The SMILES string of the molecule is Cc1ccc(N2CCN(C3=NC(=O)/C(=C\c4ccccc4)S3)CC2)cc1. The number of hydrogen-bond acceptors (Lipinski definition) is 4. The molecule has 0 N–H and O–H groups in total. The molecule has 5 heteroatoms. The van der Waals surface area contributed by atoms with E-state index in [-0.39, 0.29) is 5.91 Å². The van der Waals surface area contributed by atoms with Crippen LogP contribution in [0.25, 0.3) is 6.08 Å². The molecular weight excluding hydrogens is 342 g/mol. The summed E-state index contributed by atoms with van der Waals surface area (Å²) in [5.41, 5.74) is 3.57. The second kappa shape index (κ2) is 7.38. The highest BCUT2D eigenvalue weighted by Gasteiger charge is 2.28. The van der Waals surface area contributed by atoms with Crippen molar-refractivity contribution in [1.82, 2.24) is 4.90 Å². The summed E-state index contributed by atoms with van der Waals surface area (Å²) in [6.07, 6.45) is 1.92. The average Bonchev–Trinajstić information content (AvgIpc) is 3.04. The Bertz CT molecular complexity index is 851. The first-order valence-electron chi connectivity index (χ1n) is 8.83. The maximum Gasteiger partial charge on any atom is 0.286 e. The van der Waals surface area contributed by atoms with E-state index in [1.165, 1.54) is 23.0 Å². The number of amides is 1. The number of aliphatic imine (C=N–C) groups is 1. The van der Waals surface area contributed by atoms with Crippen molar-refractivity contribution in [3.8, 4) is 0 Å². The van der Waals surface area contributed by atoms with Crippen LogP contribution in [0.2, 0.25) is 0 Å². The molecule has 2 aliphatic heterocycles. The highest BCUT2D eigenvalue weighted by molar-refractivity contribution is 8.18. The van der Waals surface area contributed by atoms with Crippen molar-refractivity contribution in [2.45, 2.75) is 6.92 Å². The van der Waals surface area contributed by atoms with Gasteiger partial charge in [0.1, 0.15) is 0 Å². The van der Waals surface area contributed by atoms with E-state index in [9.17, 15) is 4.79 Å². The van der Waals surface area contributed by atoms with Crippen LogP contribution in [0.5, 0.6) is 0 Å². The Labute approximate surface area is 158 Å². The van der Waals surface area contributed by atoms with E-state index in [4.69, 9.17) is 0 Å². The predicted octanol–water partition coefficient (Wildman–Crippen LogP) is 3.79. The molecule has 0 aromatic heterocycles. The Kier molecular flexibility index (Phi) is 4.80. The zero-order valence-electron chi connectivity index (χ0n) is 14.8. The molecule has 2 aromatic rings. The van der Waals surface area contributed by atoms with Crippen molar-refractivity contribution in [3.63, 3.8) is 0 Å². The summed E-state index contributed by atoms with van der Waals surface area (Å²) in [6.45, 7) is 5.75. The fraction of sp³-hybridized carbons (Fsp3) is 0.238. The minimum absolute atomic E-state index is 0.130. The minimum Gasteiger partial charge on any atom is -0.368 e. The number of amidine groups is 1. The van der Waals surface area contributed by atoms with Crippen molar-refractivity contribution >= 4 is 34.6 Å². The molecule has 132 valence electrons. The van der Waals surface area contributed by atoms with Gasteiger partial charge in [-0.2, -0.15) is 4.99 Å². The zero-order chi connectivity index (χ0) is 17.9. The molecule has 2 heterocycles. The topological polar surface area (TPSA) is 35.9 Å². The first kappa shape index (κ1) is 16.9. The molecule has 0 radical (unpaired) electrons. The number of piperazine rings is 1. The Morgan fingerprint density at radius 2 is 1.58 bits per heavy atom. The van der Waals surface area contributed by atoms with Gasteiger partial charge >= 0.3 is 0 Å². The fourth-order valence-corrected chi connectivity index (χ4v) is 4.11. The van der Waals surface area contributed by atoms with Crippen LogP contribution in [0.3, 0.4) is 0 Å². The van der Waals surface area contributed by atoms with Gasteiger partial charge in [0.05, 0.1) is 4.91 Å². The third kappa shape index (κ3) is 3.68. The Balaban J connectivity index is 1.39. The Morgan fingerprint density at radius 1 is 0.923 bits per heavy atom. The number of rotatable bonds is 2. The van der Waals surface area contributed by atoms with E-state index in [1.54, 1.807) is 0 Å². The third-order valence-corrected chi connectivity index (χ3v) is 5.70. The number of hydrogen-bond donors (Lipinski definition) is 0. The molecule has 0 spiro atoms. The van der Waals surface area contributed by atoms with Gasteiger partial charge in [0.25, 0.3) is 5.91 Å². The lowest BCUT2D eigenvalue weighted by atomic mass is 10.2. The lowest BCUT2D eigenvalue weighted by molar-refractivity contribution is -0.113. The summed E-state index contributed by atoms with van der Waals surface area (Å²) in [7, 11) is 0. The average molecular weight is 363 g/mol. The molecule has 0 bridgehead atoms. The van der Waals surface area contributed by atoms with Gasteiger partial charge in [0.15, 0.2) is 5.17 Å². The number of nitrogens with zero attached hydrogens (tertiary/aromatic N) is 3. The van der Waals surface area contributed by atoms with Gasteiger partial charge in [-0.1, -0.05) is 48.0 Å². The van der Waals surface area contributed by atoms with Gasteiger partial charge in [0, 0.05) is 31.9 Å².